The van der Waals surface area contributed by atoms with Crippen molar-refractivity contribution in [2.45, 2.75) is 89.6 Å². The summed E-state index contributed by atoms with van der Waals surface area (Å²) in [5.41, 5.74) is 0.969. The molecule has 0 bridgehead atoms. The number of rotatable bonds is 14. The molecule has 5 rings (SSSR count). The van der Waals surface area contributed by atoms with E-state index in [1.165, 1.54) is 0 Å². The van der Waals surface area contributed by atoms with E-state index in [0.29, 0.717) is 19.8 Å². The second-order valence-electron chi connectivity index (χ2n) is 10.4. The Morgan fingerprint density at radius 1 is 0.825 bits per heavy atom. The number of aromatic nitrogens is 4. The van der Waals surface area contributed by atoms with Crippen molar-refractivity contribution in [3.05, 3.63) is 72.3 Å². The Bertz CT molecular complexity index is 1150. The molecule has 6 atom stereocenters. The first kappa shape index (κ1) is 28.9. The van der Waals surface area contributed by atoms with Crippen LogP contribution in [0.25, 0.3) is 0 Å². The summed E-state index contributed by atoms with van der Waals surface area (Å²) in [6.07, 6.45) is 8.95. The minimum Gasteiger partial charge on any atom is -0.372 e. The number of nitrogens with zero attached hydrogens (tertiary/aromatic N) is 4. The lowest BCUT2D eigenvalue weighted by Crippen LogP contribution is -2.63. The Kier molecular flexibility index (Phi) is 10.4. The highest BCUT2D eigenvalue weighted by atomic mass is 16.8. The quantitative estimate of drug-likeness (QED) is 0.274. The molecule has 2 fully saturated rings. The van der Waals surface area contributed by atoms with E-state index in [-0.39, 0.29) is 18.3 Å². The molecule has 0 spiro atoms. The summed E-state index contributed by atoms with van der Waals surface area (Å²) in [6.45, 7) is 7.39. The zero-order valence-corrected chi connectivity index (χ0v) is 23.8. The van der Waals surface area contributed by atoms with E-state index in [1.54, 1.807) is 7.11 Å². The van der Waals surface area contributed by atoms with Crippen LogP contribution in [0.4, 0.5) is 0 Å². The molecule has 1 unspecified atom stereocenters. The molecule has 10 heteroatoms. The Morgan fingerprint density at radius 2 is 1.45 bits per heavy atom. The first-order valence-electron chi connectivity index (χ1n) is 14.3. The van der Waals surface area contributed by atoms with E-state index in [0.717, 1.165) is 56.0 Å². The Morgan fingerprint density at radius 3 is 2.02 bits per heavy atom. The molecule has 0 saturated carbocycles. The van der Waals surface area contributed by atoms with Gasteiger partial charge in [-0.3, -0.25) is 0 Å². The zero-order chi connectivity index (χ0) is 27.7. The van der Waals surface area contributed by atoms with Crippen LogP contribution in [-0.4, -0.2) is 76.7 Å². The van der Waals surface area contributed by atoms with Gasteiger partial charge in [-0.2, -0.15) is 0 Å². The molecular formula is C30H42N4O6. The summed E-state index contributed by atoms with van der Waals surface area (Å²) >= 11 is 0. The van der Waals surface area contributed by atoms with Crippen molar-refractivity contribution >= 4 is 0 Å². The number of hydrogen-bond acceptors (Lipinski definition) is 8. The Labute approximate surface area is 236 Å². The van der Waals surface area contributed by atoms with Crippen molar-refractivity contribution in [3.8, 4) is 0 Å². The van der Waals surface area contributed by atoms with E-state index in [9.17, 15) is 0 Å². The minimum atomic E-state index is -0.573. The van der Waals surface area contributed by atoms with Gasteiger partial charge in [0, 0.05) is 63.8 Å². The fourth-order valence-electron chi connectivity index (χ4n) is 5.37. The molecule has 3 aromatic rings. The van der Waals surface area contributed by atoms with Crippen molar-refractivity contribution in [1.82, 2.24) is 19.1 Å². The third-order valence-corrected chi connectivity index (χ3v) is 7.64. The van der Waals surface area contributed by atoms with Crippen LogP contribution < -0.4 is 0 Å². The monoisotopic (exact) mass is 554 g/mol. The van der Waals surface area contributed by atoms with Gasteiger partial charge in [0.05, 0.1) is 6.61 Å². The van der Waals surface area contributed by atoms with Crippen LogP contribution in [0.2, 0.25) is 0 Å². The van der Waals surface area contributed by atoms with E-state index in [4.69, 9.17) is 28.4 Å². The molecule has 0 N–H and O–H groups in total. The standard InChI is InChI=1S/C30H42N4O6/c1-22-31-13-17-33(22)15-7-9-19-36-27-26-25(21-38-29(40-26)24-11-5-4-6-12-24)39-30(35-3)28(27)37-20-10-8-16-34-18-14-32-23(34)2/h4-6,11-14,17-18,25-30H,7-10,15-16,19-21H2,1-3H3/t25-,26-,27+,28-,29?,30+/m1/s1. The maximum atomic E-state index is 6.56. The van der Waals surface area contributed by atoms with Gasteiger partial charge in [0.2, 0.25) is 0 Å². The lowest BCUT2D eigenvalue weighted by atomic mass is 9.97. The number of unbranched alkanes of at least 4 members (excludes halogenated alkanes) is 2. The molecule has 218 valence electrons. The fourth-order valence-corrected chi connectivity index (χ4v) is 5.37. The molecule has 0 radical (unpaired) electrons. The second kappa shape index (κ2) is 14.3. The predicted molar refractivity (Wildman–Crippen MR) is 148 cm³/mol. The highest BCUT2D eigenvalue weighted by molar-refractivity contribution is 5.16. The Balaban J connectivity index is 1.22. The predicted octanol–water partition coefficient (Wildman–Crippen LogP) is 4.21. The van der Waals surface area contributed by atoms with Crippen LogP contribution in [0.1, 0.15) is 49.2 Å². The van der Waals surface area contributed by atoms with Gasteiger partial charge < -0.3 is 37.6 Å². The largest absolute Gasteiger partial charge is 0.372 e. The first-order valence-corrected chi connectivity index (χ1v) is 14.3. The van der Waals surface area contributed by atoms with Gasteiger partial charge in [-0.15, -0.1) is 0 Å². The summed E-state index contributed by atoms with van der Waals surface area (Å²) < 4.78 is 41.9. The van der Waals surface area contributed by atoms with Gasteiger partial charge in [0.15, 0.2) is 12.6 Å². The van der Waals surface area contributed by atoms with Crippen LogP contribution in [0.5, 0.6) is 0 Å². The van der Waals surface area contributed by atoms with Crippen LogP contribution in [0, 0.1) is 13.8 Å². The minimum absolute atomic E-state index is 0.312. The molecule has 1 aromatic carbocycles. The van der Waals surface area contributed by atoms with Gasteiger partial charge in [-0.25, -0.2) is 9.97 Å². The average Bonchev–Trinajstić information content (AvgIpc) is 3.59. The summed E-state index contributed by atoms with van der Waals surface area (Å²) in [6, 6.07) is 9.98. The number of hydrogen-bond donors (Lipinski definition) is 0. The molecule has 2 aliphatic rings. The molecule has 0 amide bonds. The number of benzene rings is 1. The SMILES string of the molecule is CO[C@H]1O[C@@H]2COC(c3ccccc3)O[C@H]2[C@H](OCCCCn2ccnc2C)[C@H]1OCCCCn1ccnc1C. The van der Waals surface area contributed by atoms with Gasteiger partial charge >= 0.3 is 0 Å². The van der Waals surface area contributed by atoms with Gasteiger partial charge in [-0.05, 0) is 39.5 Å². The van der Waals surface area contributed by atoms with Crippen LogP contribution in [0.15, 0.2) is 55.1 Å². The van der Waals surface area contributed by atoms with Gasteiger partial charge in [-0.1, -0.05) is 30.3 Å². The molecule has 10 nitrogen and oxygen atoms in total. The van der Waals surface area contributed by atoms with Gasteiger partial charge in [0.1, 0.15) is 36.1 Å². The molecule has 2 aromatic heterocycles. The van der Waals surface area contributed by atoms with Crippen LogP contribution in [0.3, 0.4) is 0 Å². The maximum Gasteiger partial charge on any atom is 0.186 e. The first-order chi connectivity index (χ1) is 19.6. The lowest BCUT2D eigenvalue weighted by molar-refractivity contribution is -0.367. The third-order valence-electron chi connectivity index (χ3n) is 7.64. The van der Waals surface area contributed by atoms with Crippen molar-refractivity contribution in [2.75, 3.05) is 26.9 Å². The smallest absolute Gasteiger partial charge is 0.186 e. The van der Waals surface area contributed by atoms with E-state index in [1.807, 2.05) is 69.0 Å². The summed E-state index contributed by atoms with van der Waals surface area (Å²) in [7, 11) is 1.64. The molecule has 2 aliphatic heterocycles. The lowest BCUT2D eigenvalue weighted by Gasteiger charge is -2.48. The van der Waals surface area contributed by atoms with Crippen molar-refractivity contribution in [1.29, 1.82) is 0 Å². The van der Waals surface area contributed by atoms with Crippen molar-refractivity contribution in [2.24, 2.45) is 0 Å². The highest BCUT2D eigenvalue weighted by Gasteiger charge is 2.51. The van der Waals surface area contributed by atoms with Gasteiger partial charge in [0.25, 0.3) is 0 Å². The molecular weight excluding hydrogens is 512 g/mol. The second-order valence-corrected chi connectivity index (χ2v) is 10.4. The Hall–Kier alpha value is -2.60. The van der Waals surface area contributed by atoms with Crippen molar-refractivity contribution in [3.63, 3.8) is 0 Å². The molecule has 2 saturated heterocycles. The fraction of sp³-hybridized carbons (Fsp3) is 0.600. The number of imidazole rings is 2. The topological polar surface area (TPSA) is 91.0 Å². The number of aryl methyl sites for hydroxylation is 4. The summed E-state index contributed by atoms with van der Waals surface area (Å²) in [5, 5.41) is 0. The van der Waals surface area contributed by atoms with E-state index >= 15 is 0 Å². The highest BCUT2D eigenvalue weighted by Crippen LogP contribution is 2.36. The normalized spacial score (nSPS) is 26.6. The van der Waals surface area contributed by atoms with Crippen molar-refractivity contribution < 1.29 is 28.4 Å². The molecule has 40 heavy (non-hydrogen) atoms. The average molecular weight is 555 g/mol. The maximum absolute atomic E-state index is 6.56. The van der Waals surface area contributed by atoms with Crippen LogP contribution in [-0.2, 0) is 41.5 Å². The molecule has 4 heterocycles. The zero-order valence-electron chi connectivity index (χ0n) is 23.8. The summed E-state index contributed by atoms with van der Waals surface area (Å²) in [5.74, 6) is 2.05. The summed E-state index contributed by atoms with van der Waals surface area (Å²) in [4.78, 5) is 8.61. The molecule has 0 aliphatic carbocycles. The van der Waals surface area contributed by atoms with Crippen LogP contribution >= 0.6 is 0 Å². The number of fused-ring (bicyclic) bond motifs is 1. The van der Waals surface area contributed by atoms with E-state index < -0.39 is 18.7 Å². The number of ether oxygens (including phenoxy) is 6. The third kappa shape index (κ3) is 7.18. The number of methoxy groups -OCH3 is 1. The van der Waals surface area contributed by atoms with E-state index in [2.05, 4.69) is 19.1 Å².